The van der Waals surface area contributed by atoms with Crippen LogP contribution < -0.4 is 19.1 Å². The van der Waals surface area contributed by atoms with Gasteiger partial charge in [0.25, 0.3) is 0 Å². The summed E-state index contributed by atoms with van der Waals surface area (Å²) in [5.41, 5.74) is 1.31. The van der Waals surface area contributed by atoms with E-state index in [1.54, 1.807) is 11.0 Å². The van der Waals surface area contributed by atoms with Crippen molar-refractivity contribution in [3.63, 3.8) is 0 Å². The standard InChI is InChI=1S/C23H21N3O5/c1-22(2,3)20-24-19(25-31-20)10-26-15-7-5-4-6-13(15)23(21(26)27)11-28-16-9-18-17(8-14(16)23)29-12-30-18/h4-9H,10-12H2,1-3H3. The van der Waals surface area contributed by atoms with E-state index in [-0.39, 0.29) is 31.3 Å². The van der Waals surface area contributed by atoms with E-state index in [2.05, 4.69) is 10.1 Å². The minimum absolute atomic E-state index is 0.0755. The van der Waals surface area contributed by atoms with Crippen LogP contribution in [0.5, 0.6) is 17.2 Å². The van der Waals surface area contributed by atoms with E-state index in [0.717, 1.165) is 16.8 Å². The Kier molecular flexibility index (Phi) is 3.53. The number of nitrogens with zero attached hydrogens (tertiary/aromatic N) is 3. The Bertz CT molecular complexity index is 1230. The lowest BCUT2D eigenvalue weighted by Crippen LogP contribution is -2.42. The minimum atomic E-state index is -0.941. The molecule has 0 N–H and O–H groups in total. The summed E-state index contributed by atoms with van der Waals surface area (Å²) in [6, 6.07) is 11.5. The summed E-state index contributed by atoms with van der Waals surface area (Å²) in [6.45, 7) is 6.62. The molecule has 31 heavy (non-hydrogen) atoms. The van der Waals surface area contributed by atoms with E-state index in [1.807, 2.05) is 51.1 Å². The summed E-state index contributed by atoms with van der Waals surface area (Å²) in [6.07, 6.45) is 0. The van der Waals surface area contributed by atoms with Crippen molar-refractivity contribution in [3.8, 4) is 17.2 Å². The smallest absolute Gasteiger partial charge is 0.246 e. The topological polar surface area (TPSA) is 86.9 Å². The number of para-hydroxylation sites is 1. The fourth-order valence-corrected chi connectivity index (χ4v) is 4.49. The average Bonchev–Trinajstić information content (AvgIpc) is 3.50. The van der Waals surface area contributed by atoms with Gasteiger partial charge in [0.2, 0.25) is 18.6 Å². The Morgan fingerprint density at radius 2 is 1.81 bits per heavy atom. The molecule has 158 valence electrons. The first kappa shape index (κ1) is 18.2. The summed E-state index contributed by atoms with van der Waals surface area (Å²) in [5, 5.41) is 4.11. The van der Waals surface area contributed by atoms with Crippen molar-refractivity contribution in [1.82, 2.24) is 10.1 Å². The van der Waals surface area contributed by atoms with Crippen LogP contribution >= 0.6 is 0 Å². The third-order valence-electron chi connectivity index (χ3n) is 6.05. The average molecular weight is 419 g/mol. The van der Waals surface area contributed by atoms with Gasteiger partial charge in [-0.3, -0.25) is 4.79 Å². The van der Waals surface area contributed by atoms with Gasteiger partial charge in [-0.1, -0.05) is 44.1 Å². The highest BCUT2D eigenvalue weighted by molar-refractivity contribution is 6.11. The first-order valence-corrected chi connectivity index (χ1v) is 10.2. The lowest BCUT2D eigenvalue weighted by molar-refractivity contribution is -0.122. The molecule has 1 amide bonds. The molecule has 0 fully saturated rings. The number of hydrogen-bond donors (Lipinski definition) is 0. The van der Waals surface area contributed by atoms with Gasteiger partial charge in [-0.05, 0) is 17.7 Å². The Balaban J connectivity index is 1.44. The van der Waals surface area contributed by atoms with Crippen LogP contribution in [0, 0.1) is 0 Å². The molecule has 3 aromatic rings. The Labute approximate surface area is 178 Å². The molecule has 1 aromatic heterocycles. The van der Waals surface area contributed by atoms with Crippen LogP contribution in [0.15, 0.2) is 40.9 Å². The zero-order chi connectivity index (χ0) is 21.4. The number of carbonyl (C=O) groups is 1. The van der Waals surface area contributed by atoms with Gasteiger partial charge in [0.15, 0.2) is 17.3 Å². The highest BCUT2D eigenvalue weighted by atomic mass is 16.7. The maximum absolute atomic E-state index is 13.9. The van der Waals surface area contributed by atoms with E-state index in [4.69, 9.17) is 18.7 Å². The molecule has 4 heterocycles. The molecular formula is C23H21N3O5. The number of hydrogen-bond acceptors (Lipinski definition) is 7. The predicted octanol–water partition coefficient (Wildman–Crippen LogP) is 3.32. The summed E-state index contributed by atoms with van der Waals surface area (Å²) < 4.78 is 22.5. The van der Waals surface area contributed by atoms with Crippen LogP contribution in [0.3, 0.4) is 0 Å². The maximum atomic E-state index is 13.9. The molecule has 3 aliphatic heterocycles. The maximum Gasteiger partial charge on any atom is 0.246 e. The van der Waals surface area contributed by atoms with Crippen molar-refractivity contribution in [1.29, 1.82) is 0 Å². The number of fused-ring (bicyclic) bond motifs is 5. The van der Waals surface area contributed by atoms with Crippen LogP contribution in [0.2, 0.25) is 0 Å². The van der Waals surface area contributed by atoms with Crippen LogP contribution in [-0.2, 0) is 22.2 Å². The van der Waals surface area contributed by atoms with Crippen molar-refractivity contribution >= 4 is 11.6 Å². The SMILES string of the molecule is CC(C)(C)c1nc(CN2C(=O)C3(COc4cc5c(cc43)OCO5)c3ccccc32)no1. The molecule has 1 unspecified atom stereocenters. The van der Waals surface area contributed by atoms with Crippen molar-refractivity contribution in [2.75, 3.05) is 18.3 Å². The molecule has 8 nitrogen and oxygen atoms in total. The molecule has 1 atom stereocenters. The van der Waals surface area contributed by atoms with Crippen LogP contribution in [-0.4, -0.2) is 29.4 Å². The first-order chi connectivity index (χ1) is 14.9. The third kappa shape index (κ3) is 2.44. The lowest BCUT2D eigenvalue weighted by atomic mass is 9.77. The number of rotatable bonds is 2. The molecule has 1 spiro atoms. The van der Waals surface area contributed by atoms with Gasteiger partial charge in [0.1, 0.15) is 17.8 Å². The molecular weight excluding hydrogens is 398 g/mol. The highest BCUT2D eigenvalue weighted by Gasteiger charge is 2.57. The van der Waals surface area contributed by atoms with Gasteiger partial charge in [-0.25, -0.2) is 0 Å². The van der Waals surface area contributed by atoms with Gasteiger partial charge in [0.05, 0.1) is 6.54 Å². The molecule has 0 radical (unpaired) electrons. The number of carbonyl (C=O) groups excluding carboxylic acids is 1. The van der Waals surface area contributed by atoms with Gasteiger partial charge in [-0.15, -0.1) is 0 Å². The quantitative estimate of drug-likeness (QED) is 0.630. The number of aromatic nitrogens is 2. The monoisotopic (exact) mass is 419 g/mol. The van der Waals surface area contributed by atoms with Crippen molar-refractivity contribution in [3.05, 3.63) is 59.2 Å². The van der Waals surface area contributed by atoms with E-state index in [9.17, 15) is 4.79 Å². The van der Waals surface area contributed by atoms with Crippen molar-refractivity contribution in [2.24, 2.45) is 0 Å². The van der Waals surface area contributed by atoms with Gasteiger partial charge in [0, 0.05) is 22.7 Å². The molecule has 0 aliphatic carbocycles. The fraction of sp³-hybridized carbons (Fsp3) is 0.348. The fourth-order valence-electron chi connectivity index (χ4n) is 4.49. The molecule has 0 saturated carbocycles. The Morgan fingerprint density at radius 1 is 1.03 bits per heavy atom. The second kappa shape index (κ2) is 6.00. The van der Waals surface area contributed by atoms with Gasteiger partial charge < -0.3 is 23.6 Å². The van der Waals surface area contributed by atoms with E-state index in [0.29, 0.717) is 29.0 Å². The molecule has 2 aromatic carbocycles. The van der Waals surface area contributed by atoms with Crippen molar-refractivity contribution in [2.45, 2.75) is 38.1 Å². The van der Waals surface area contributed by atoms with Crippen LogP contribution in [0.1, 0.15) is 43.6 Å². The molecule has 0 saturated heterocycles. The first-order valence-electron chi connectivity index (χ1n) is 10.2. The predicted molar refractivity (Wildman–Crippen MR) is 109 cm³/mol. The van der Waals surface area contributed by atoms with Gasteiger partial charge in [-0.2, -0.15) is 4.98 Å². The number of ether oxygens (including phenoxy) is 3. The summed E-state index contributed by atoms with van der Waals surface area (Å²) in [7, 11) is 0. The zero-order valence-corrected chi connectivity index (χ0v) is 17.5. The van der Waals surface area contributed by atoms with Gasteiger partial charge >= 0.3 is 0 Å². The number of amides is 1. The van der Waals surface area contributed by atoms with E-state index < -0.39 is 5.41 Å². The molecule has 6 rings (SSSR count). The normalized spacial score (nSPS) is 20.9. The largest absolute Gasteiger partial charge is 0.491 e. The number of anilines is 1. The lowest BCUT2D eigenvalue weighted by Gasteiger charge is -2.22. The van der Waals surface area contributed by atoms with Crippen molar-refractivity contribution < 1.29 is 23.5 Å². The second-order valence-corrected chi connectivity index (χ2v) is 9.07. The molecule has 0 bridgehead atoms. The van der Waals surface area contributed by atoms with E-state index >= 15 is 0 Å². The Morgan fingerprint density at radius 3 is 2.58 bits per heavy atom. The highest BCUT2D eigenvalue weighted by Crippen LogP contribution is 2.55. The van der Waals surface area contributed by atoms with E-state index in [1.165, 1.54) is 0 Å². The second-order valence-electron chi connectivity index (χ2n) is 9.07. The third-order valence-corrected chi connectivity index (χ3v) is 6.05. The molecule has 3 aliphatic rings. The summed E-state index contributed by atoms with van der Waals surface area (Å²) >= 11 is 0. The Hall–Kier alpha value is -3.55. The minimum Gasteiger partial charge on any atom is -0.491 e. The summed E-state index contributed by atoms with van der Waals surface area (Å²) in [5.74, 6) is 2.83. The summed E-state index contributed by atoms with van der Waals surface area (Å²) in [4.78, 5) is 20.2. The zero-order valence-electron chi connectivity index (χ0n) is 17.5. The molecule has 8 heteroatoms. The van der Waals surface area contributed by atoms with Crippen LogP contribution in [0.25, 0.3) is 0 Å². The van der Waals surface area contributed by atoms with Crippen LogP contribution in [0.4, 0.5) is 5.69 Å². The number of benzene rings is 2.